The van der Waals surface area contributed by atoms with Crippen molar-refractivity contribution in [1.29, 1.82) is 0 Å². The Labute approximate surface area is 129 Å². The molecule has 2 fully saturated rings. The van der Waals surface area contributed by atoms with Gasteiger partial charge in [0.25, 0.3) is 0 Å². The highest BCUT2D eigenvalue weighted by Gasteiger charge is 2.17. The highest BCUT2D eigenvalue weighted by molar-refractivity contribution is 5.44. The third kappa shape index (κ3) is 4.47. The summed E-state index contributed by atoms with van der Waals surface area (Å²) in [5, 5.41) is 3.64. The largest absolute Gasteiger partial charge is 0.385 e. The smallest absolute Gasteiger partial charge is 0.0340 e. The number of likely N-dealkylation sites (tertiary alicyclic amines) is 1. The predicted molar refractivity (Wildman–Crippen MR) is 90.6 cm³/mol. The number of nitrogens with zero attached hydrogens (tertiary/aromatic N) is 1. The van der Waals surface area contributed by atoms with Crippen LogP contribution >= 0.6 is 0 Å². The lowest BCUT2D eigenvalue weighted by Gasteiger charge is -2.26. The molecule has 1 aromatic carbocycles. The average molecular weight is 286 g/mol. The zero-order chi connectivity index (χ0) is 14.5. The molecule has 0 unspecified atom stereocenters. The molecule has 1 aliphatic heterocycles. The van der Waals surface area contributed by atoms with Crippen LogP contribution < -0.4 is 5.32 Å². The van der Waals surface area contributed by atoms with E-state index in [0.717, 1.165) is 24.9 Å². The number of hydrogen-bond donors (Lipinski definition) is 1. The lowest BCUT2D eigenvalue weighted by atomic mass is 9.83. The van der Waals surface area contributed by atoms with Gasteiger partial charge in [-0.3, -0.25) is 4.90 Å². The lowest BCUT2D eigenvalue weighted by Crippen LogP contribution is -2.20. The summed E-state index contributed by atoms with van der Waals surface area (Å²) in [4.78, 5) is 2.56. The van der Waals surface area contributed by atoms with Gasteiger partial charge in [-0.25, -0.2) is 0 Å². The summed E-state index contributed by atoms with van der Waals surface area (Å²) in [5.74, 6) is 1.83. The van der Waals surface area contributed by atoms with E-state index < -0.39 is 0 Å². The Morgan fingerprint density at radius 2 is 1.67 bits per heavy atom. The van der Waals surface area contributed by atoms with Crippen molar-refractivity contribution in [2.24, 2.45) is 11.8 Å². The van der Waals surface area contributed by atoms with E-state index in [1.54, 1.807) is 0 Å². The van der Waals surface area contributed by atoms with Gasteiger partial charge in [0.15, 0.2) is 0 Å². The van der Waals surface area contributed by atoms with E-state index in [2.05, 4.69) is 41.4 Å². The molecule has 1 heterocycles. The van der Waals surface area contributed by atoms with Crippen molar-refractivity contribution in [3.63, 3.8) is 0 Å². The van der Waals surface area contributed by atoms with Gasteiger partial charge in [-0.2, -0.15) is 0 Å². The fourth-order valence-corrected chi connectivity index (χ4v) is 3.72. The maximum Gasteiger partial charge on any atom is 0.0340 e. The second-order valence-corrected chi connectivity index (χ2v) is 7.19. The van der Waals surface area contributed by atoms with Crippen molar-refractivity contribution in [3.05, 3.63) is 29.8 Å². The van der Waals surface area contributed by atoms with Crippen molar-refractivity contribution < 1.29 is 0 Å². The first-order valence-electron chi connectivity index (χ1n) is 8.85. The Morgan fingerprint density at radius 3 is 2.33 bits per heavy atom. The molecule has 1 N–H and O–H groups in total. The van der Waals surface area contributed by atoms with Gasteiger partial charge in [0.1, 0.15) is 0 Å². The summed E-state index contributed by atoms with van der Waals surface area (Å²) < 4.78 is 0. The van der Waals surface area contributed by atoms with Gasteiger partial charge in [0.2, 0.25) is 0 Å². The molecule has 21 heavy (non-hydrogen) atoms. The Hall–Kier alpha value is -1.02. The van der Waals surface area contributed by atoms with Crippen LogP contribution in [-0.2, 0) is 6.54 Å². The van der Waals surface area contributed by atoms with E-state index in [1.165, 1.54) is 62.9 Å². The summed E-state index contributed by atoms with van der Waals surface area (Å²) in [7, 11) is 0. The molecule has 3 rings (SSSR count). The molecule has 0 amide bonds. The third-order valence-electron chi connectivity index (χ3n) is 5.29. The van der Waals surface area contributed by atoms with Crippen LogP contribution in [0.25, 0.3) is 0 Å². The van der Waals surface area contributed by atoms with Crippen molar-refractivity contribution in [2.45, 2.75) is 52.0 Å². The fraction of sp³-hybridized carbons (Fsp3) is 0.684. The summed E-state index contributed by atoms with van der Waals surface area (Å²) >= 11 is 0. The lowest BCUT2D eigenvalue weighted by molar-refractivity contribution is 0.300. The molecule has 0 atom stereocenters. The molecule has 2 nitrogen and oxygen atoms in total. The predicted octanol–water partition coefficient (Wildman–Crippen LogP) is 4.52. The minimum Gasteiger partial charge on any atom is -0.385 e. The molecule has 0 spiro atoms. The molecule has 116 valence electrons. The van der Waals surface area contributed by atoms with E-state index in [9.17, 15) is 0 Å². The van der Waals surface area contributed by atoms with Crippen LogP contribution in [-0.4, -0.2) is 24.5 Å². The zero-order valence-electron chi connectivity index (χ0n) is 13.5. The quantitative estimate of drug-likeness (QED) is 0.856. The molecule has 2 heteroatoms. The SMILES string of the molecule is CC1CCC(CNc2ccc(CN3CCCC3)cc2)CC1. The van der Waals surface area contributed by atoms with Gasteiger partial charge in [-0.15, -0.1) is 0 Å². The van der Waals surface area contributed by atoms with Crippen molar-refractivity contribution in [1.82, 2.24) is 4.90 Å². The third-order valence-corrected chi connectivity index (χ3v) is 5.29. The van der Waals surface area contributed by atoms with Crippen LogP contribution in [0.3, 0.4) is 0 Å². The monoisotopic (exact) mass is 286 g/mol. The second kappa shape index (κ2) is 7.31. The van der Waals surface area contributed by atoms with Crippen molar-refractivity contribution in [3.8, 4) is 0 Å². The minimum atomic E-state index is 0.880. The molecule has 1 saturated heterocycles. The molecule has 0 bridgehead atoms. The minimum absolute atomic E-state index is 0.880. The van der Waals surface area contributed by atoms with Crippen molar-refractivity contribution >= 4 is 5.69 Å². The Bertz CT molecular complexity index is 412. The standard InChI is InChI=1S/C19H30N2/c1-16-4-6-17(7-5-16)14-20-19-10-8-18(9-11-19)15-21-12-2-3-13-21/h8-11,16-17,20H,2-7,12-15H2,1H3. The molecular formula is C19H30N2. The zero-order valence-corrected chi connectivity index (χ0v) is 13.5. The molecule has 0 aromatic heterocycles. The Kier molecular flexibility index (Phi) is 5.18. The van der Waals surface area contributed by atoms with Gasteiger partial charge in [0, 0.05) is 18.8 Å². The van der Waals surface area contributed by atoms with Crippen LogP contribution in [0, 0.1) is 11.8 Å². The molecule has 1 aliphatic carbocycles. The van der Waals surface area contributed by atoms with Gasteiger partial charge in [0.05, 0.1) is 0 Å². The summed E-state index contributed by atoms with van der Waals surface area (Å²) in [5.41, 5.74) is 2.74. The average Bonchev–Trinajstić information content (AvgIpc) is 3.01. The number of rotatable bonds is 5. The van der Waals surface area contributed by atoms with Gasteiger partial charge in [-0.1, -0.05) is 31.9 Å². The molecule has 0 radical (unpaired) electrons. The number of nitrogens with one attached hydrogen (secondary N) is 1. The summed E-state index contributed by atoms with van der Waals surface area (Å²) in [6.45, 7) is 7.22. The maximum atomic E-state index is 3.64. The Morgan fingerprint density at radius 1 is 1.00 bits per heavy atom. The van der Waals surface area contributed by atoms with Crippen LogP contribution in [0.5, 0.6) is 0 Å². The van der Waals surface area contributed by atoms with Crippen LogP contribution in [0.1, 0.15) is 51.0 Å². The van der Waals surface area contributed by atoms with E-state index in [1.807, 2.05) is 0 Å². The first-order chi connectivity index (χ1) is 10.3. The van der Waals surface area contributed by atoms with Crippen LogP contribution in [0.2, 0.25) is 0 Å². The van der Waals surface area contributed by atoms with E-state index in [0.29, 0.717) is 0 Å². The first kappa shape index (κ1) is 14.9. The number of anilines is 1. The van der Waals surface area contributed by atoms with E-state index in [-0.39, 0.29) is 0 Å². The number of benzene rings is 1. The first-order valence-corrected chi connectivity index (χ1v) is 8.85. The van der Waals surface area contributed by atoms with E-state index in [4.69, 9.17) is 0 Å². The van der Waals surface area contributed by atoms with Crippen molar-refractivity contribution in [2.75, 3.05) is 25.0 Å². The van der Waals surface area contributed by atoms with Gasteiger partial charge >= 0.3 is 0 Å². The summed E-state index contributed by atoms with van der Waals surface area (Å²) in [6.07, 6.45) is 8.39. The Balaban J connectivity index is 1.43. The topological polar surface area (TPSA) is 15.3 Å². The maximum absolute atomic E-state index is 3.64. The number of hydrogen-bond acceptors (Lipinski definition) is 2. The molecule has 2 aliphatic rings. The highest BCUT2D eigenvalue weighted by atomic mass is 15.1. The van der Waals surface area contributed by atoms with Gasteiger partial charge < -0.3 is 5.32 Å². The summed E-state index contributed by atoms with van der Waals surface area (Å²) in [6, 6.07) is 9.11. The van der Waals surface area contributed by atoms with Gasteiger partial charge in [-0.05, 0) is 68.3 Å². The van der Waals surface area contributed by atoms with Crippen LogP contribution in [0.15, 0.2) is 24.3 Å². The molecule has 1 aromatic rings. The second-order valence-electron chi connectivity index (χ2n) is 7.19. The highest BCUT2D eigenvalue weighted by Crippen LogP contribution is 2.28. The fourth-order valence-electron chi connectivity index (χ4n) is 3.72. The van der Waals surface area contributed by atoms with E-state index >= 15 is 0 Å². The molecular weight excluding hydrogens is 256 g/mol. The van der Waals surface area contributed by atoms with Crippen LogP contribution in [0.4, 0.5) is 5.69 Å². The molecule has 1 saturated carbocycles. The normalized spacial score (nSPS) is 26.9.